The van der Waals surface area contributed by atoms with Crippen molar-refractivity contribution in [3.05, 3.63) is 29.6 Å². The van der Waals surface area contributed by atoms with Crippen molar-refractivity contribution in [2.45, 2.75) is 39.3 Å². The largest absolute Gasteiger partial charge is 0.488 e. The maximum absolute atomic E-state index is 13.4. The maximum Gasteiger partial charge on any atom is 0.127 e. The molecule has 1 rings (SSSR count). The van der Waals surface area contributed by atoms with Gasteiger partial charge in [0.15, 0.2) is 0 Å². The summed E-state index contributed by atoms with van der Waals surface area (Å²) in [6.07, 6.45) is 0.950. The monoisotopic (exact) mass is 269 g/mol. The van der Waals surface area contributed by atoms with Crippen LogP contribution in [-0.4, -0.2) is 26.4 Å². The van der Waals surface area contributed by atoms with Crippen LogP contribution >= 0.6 is 0 Å². The topological polar surface area (TPSA) is 30.5 Å². The van der Waals surface area contributed by atoms with Crippen molar-refractivity contribution in [2.24, 2.45) is 0 Å². The predicted molar refractivity (Wildman–Crippen MR) is 75.1 cm³/mol. The highest BCUT2D eigenvalue weighted by molar-refractivity contribution is 5.36. The first kappa shape index (κ1) is 15.9. The third-order valence-corrected chi connectivity index (χ3v) is 2.87. The molecular formula is C15H24FNO2. The van der Waals surface area contributed by atoms with Gasteiger partial charge >= 0.3 is 0 Å². The fraction of sp³-hybridized carbons (Fsp3) is 0.600. The lowest BCUT2D eigenvalue weighted by Gasteiger charge is -2.21. The van der Waals surface area contributed by atoms with E-state index in [2.05, 4.69) is 19.2 Å². The van der Waals surface area contributed by atoms with Gasteiger partial charge in [0.25, 0.3) is 0 Å². The zero-order valence-corrected chi connectivity index (χ0v) is 12.2. The van der Waals surface area contributed by atoms with E-state index < -0.39 is 0 Å². The molecule has 0 bridgehead atoms. The Morgan fingerprint density at radius 2 is 2.05 bits per heavy atom. The van der Waals surface area contributed by atoms with Crippen LogP contribution in [0.15, 0.2) is 18.2 Å². The quantitative estimate of drug-likeness (QED) is 0.785. The van der Waals surface area contributed by atoms with Crippen LogP contribution < -0.4 is 10.1 Å². The van der Waals surface area contributed by atoms with Crippen LogP contribution in [0.2, 0.25) is 0 Å². The Morgan fingerprint density at radius 3 is 2.68 bits per heavy atom. The van der Waals surface area contributed by atoms with Crippen molar-refractivity contribution >= 4 is 0 Å². The molecule has 0 amide bonds. The first-order valence-corrected chi connectivity index (χ1v) is 6.76. The lowest BCUT2D eigenvalue weighted by atomic mass is 10.1. The molecule has 1 aromatic carbocycles. The third-order valence-electron chi connectivity index (χ3n) is 2.87. The van der Waals surface area contributed by atoms with Crippen molar-refractivity contribution in [1.82, 2.24) is 5.32 Å². The summed E-state index contributed by atoms with van der Waals surface area (Å²) in [7, 11) is 1.62. The summed E-state index contributed by atoms with van der Waals surface area (Å²) in [5.41, 5.74) is 0.970. The summed E-state index contributed by atoms with van der Waals surface area (Å²) in [6.45, 7) is 7.47. The SMILES string of the molecule is CCCNC(C)c1ccc(F)cc1OC(C)COC. The van der Waals surface area contributed by atoms with Crippen molar-refractivity contribution in [3.63, 3.8) is 0 Å². The lowest BCUT2D eigenvalue weighted by Crippen LogP contribution is -2.23. The molecule has 0 aliphatic heterocycles. The molecule has 2 atom stereocenters. The van der Waals surface area contributed by atoms with E-state index in [1.54, 1.807) is 13.2 Å². The zero-order valence-electron chi connectivity index (χ0n) is 12.2. The fourth-order valence-electron chi connectivity index (χ4n) is 1.92. The smallest absolute Gasteiger partial charge is 0.127 e. The molecule has 0 aliphatic carbocycles. The van der Waals surface area contributed by atoms with Gasteiger partial charge in [-0.25, -0.2) is 4.39 Å². The van der Waals surface area contributed by atoms with Crippen molar-refractivity contribution < 1.29 is 13.9 Å². The Labute approximate surface area is 115 Å². The first-order valence-electron chi connectivity index (χ1n) is 6.76. The van der Waals surface area contributed by atoms with Gasteiger partial charge in [-0.2, -0.15) is 0 Å². The summed E-state index contributed by atoms with van der Waals surface area (Å²) in [5.74, 6) is 0.298. The molecule has 4 heteroatoms. The molecule has 1 aromatic rings. The lowest BCUT2D eigenvalue weighted by molar-refractivity contribution is 0.0908. The number of hydrogen-bond acceptors (Lipinski definition) is 3. The van der Waals surface area contributed by atoms with Crippen LogP contribution in [0.4, 0.5) is 4.39 Å². The van der Waals surface area contributed by atoms with Crippen LogP contribution in [-0.2, 0) is 4.74 Å². The second-order valence-electron chi connectivity index (χ2n) is 4.74. The standard InChI is InChI=1S/C15H24FNO2/c1-5-8-17-12(3)14-7-6-13(16)9-15(14)19-11(2)10-18-4/h6-7,9,11-12,17H,5,8,10H2,1-4H3. The van der Waals surface area contributed by atoms with E-state index in [0.717, 1.165) is 18.5 Å². The van der Waals surface area contributed by atoms with Gasteiger partial charge < -0.3 is 14.8 Å². The first-order chi connectivity index (χ1) is 9.08. The van der Waals surface area contributed by atoms with Crippen LogP contribution in [0.1, 0.15) is 38.8 Å². The van der Waals surface area contributed by atoms with Crippen LogP contribution in [0.5, 0.6) is 5.75 Å². The van der Waals surface area contributed by atoms with E-state index in [-0.39, 0.29) is 18.0 Å². The summed E-state index contributed by atoms with van der Waals surface area (Å²) >= 11 is 0. The Bertz CT molecular complexity index is 384. The van der Waals surface area contributed by atoms with Crippen molar-refractivity contribution in [1.29, 1.82) is 0 Å². The minimum Gasteiger partial charge on any atom is -0.488 e. The van der Waals surface area contributed by atoms with Gasteiger partial charge in [-0.15, -0.1) is 0 Å². The van der Waals surface area contributed by atoms with E-state index in [0.29, 0.717) is 12.4 Å². The summed E-state index contributed by atoms with van der Waals surface area (Å²) in [4.78, 5) is 0. The molecule has 0 fully saturated rings. The predicted octanol–water partition coefficient (Wildman–Crippen LogP) is 3.30. The minimum atomic E-state index is -0.286. The number of halogens is 1. The normalized spacial score (nSPS) is 14.2. The molecule has 2 unspecified atom stereocenters. The summed E-state index contributed by atoms with van der Waals surface area (Å²) in [6, 6.07) is 4.81. The van der Waals surface area contributed by atoms with E-state index in [4.69, 9.17) is 9.47 Å². The molecule has 108 valence electrons. The highest BCUT2D eigenvalue weighted by Gasteiger charge is 2.14. The van der Waals surface area contributed by atoms with Crippen LogP contribution in [0.25, 0.3) is 0 Å². The molecule has 0 heterocycles. The Balaban J connectivity index is 2.84. The van der Waals surface area contributed by atoms with Crippen molar-refractivity contribution in [2.75, 3.05) is 20.3 Å². The maximum atomic E-state index is 13.4. The van der Waals surface area contributed by atoms with Gasteiger partial charge in [0.2, 0.25) is 0 Å². The third kappa shape index (κ3) is 5.17. The van der Waals surface area contributed by atoms with Crippen LogP contribution in [0, 0.1) is 5.82 Å². The fourth-order valence-corrected chi connectivity index (χ4v) is 1.92. The van der Waals surface area contributed by atoms with Crippen LogP contribution in [0.3, 0.4) is 0 Å². The zero-order chi connectivity index (χ0) is 14.3. The van der Waals surface area contributed by atoms with Gasteiger partial charge in [-0.05, 0) is 32.9 Å². The molecule has 0 spiro atoms. The van der Waals surface area contributed by atoms with Gasteiger partial charge in [-0.1, -0.05) is 13.0 Å². The van der Waals surface area contributed by atoms with E-state index in [9.17, 15) is 4.39 Å². The Kier molecular flexibility index (Phi) is 6.81. The molecule has 0 aromatic heterocycles. The molecule has 0 saturated heterocycles. The highest BCUT2D eigenvalue weighted by atomic mass is 19.1. The van der Waals surface area contributed by atoms with E-state index in [1.807, 2.05) is 6.92 Å². The average molecular weight is 269 g/mol. The number of benzene rings is 1. The second-order valence-corrected chi connectivity index (χ2v) is 4.74. The number of rotatable bonds is 8. The number of methoxy groups -OCH3 is 1. The van der Waals surface area contributed by atoms with Gasteiger partial charge in [0.05, 0.1) is 6.61 Å². The molecule has 19 heavy (non-hydrogen) atoms. The summed E-state index contributed by atoms with van der Waals surface area (Å²) < 4.78 is 24.2. The van der Waals surface area contributed by atoms with Gasteiger partial charge in [-0.3, -0.25) is 0 Å². The molecule has 0 aliphatic rings. The van der Waals surface area contributed by atoms with Gasteiger partial charge in [0.1, 0.15) is 17.7 Å². The second kappa shape index (κ2) is 8.12. The molecular weight excluding hydrogens is 245 g/mol. The highest BCUT2D eigenvalue weighted by Crippen LogP contribution is 2.27. The number of ether oxygens (including phenoxy) is 2. The molecule has 0 radical (unpaired) electrons. The van der Waals surface area contributed by atoms with Crippen molar-refractivity contribution in [3.8, 4) is 5.75 Å². The molecule has 0 saturated carbocycles. The van der Waals surface area contributed by atoms with E-state index >= 15 is 0 Å². The molecule has 3 nitrogen and oxygen atoms in total. The van der Waals surface area contributed by atoms with E-state index in [1.165, 1.54) is 12.1 Å². The summed E-state index contributed by atoms with van der Waals surface area (Å²) in [5, 5.41) is 3.38. The van der Waals surface area contributed by atoms with Gasteiger partial charge in [0, 0.05) is 24.8 Å². The Morgan fingerprint density at radius 1 is 1.32 bits per heavy atom. The number of nitrogens with one attached hydrogen (secondary N) is 1. The minimum absolute atomic E-state index is 0.107. The Hall–Kier alpha value is -1.13. The number of hydrogen-bond donors (Lipinski definition) is 1. The average Bonchev–Trinajstić information content (AvgIpc) is 2.36. The molecule has 1 N–H and O–H groups in total.